The van der Waals surface area contributed by atoms with Crippen LogP contribution >= 0.6 is 11.6 Å². The summed E-state index contributed by atoms with van der Waals surface area (Å²) in [4.78, 5) is 13.4. The van der Waals surface area contributed by atoms with Crippen molar-refractivity contribution < 1.29 is 9.90 Å². The molecule has 1 unspecified atom stereocenters. The van der Waals surface area contributed by atoms with E-state index in [1.54, 1.807) is 0 Å². The van der Waals surface area contributed by atoms with Crippen LogP contribution in [0.25, 0.3) is 0 Å². The molecule has 0 aromatic carbocycles. The molecule has 0 bridgehead atoms. The van der Waals surface area contributed by atoms with Crippen molar-refractivity contribution in [2.24, 2.45) is 17.8 Å². The SMILES string of the molecule is Cc1nn(C[C@H](C)N2C[C@@H]3C(C(=O)O)[C@@H]3C2)c(C)c1Cl. The number of hydrogen-bond acceptors (Lipinski definition) is 3. The van der Waals surface area contributed by atoms with Crippen LogP contribution in [0.3, 0.4) is 0 Å². The van der Waals surface area contributed by atoms with Gasteiger partial charge in [0, 0.05) is 19.1 Å². The molecule has 2 heterocycles. The molecule has 1 saturated heterocycles. The highest BCUT2D eigenvalue weighted by atomic mass is 35.5. The van der Waals surface area contributed by atoms with Crippen molar-refractivity contribution in [1.29, 1.82) is 0 Å². The Hall–Kier alpha value is -1.07. The van der Waals surface area contributed by atoms with E-state index in [2.05, 4.69) is 16.9 Å². The number of rotatable bonds is 4. The number of fused-ring (bicyclic) bond motifs is 1. The van der Waals surface area contributed by atoms with Gasteiger partial charge in [0.05, 0.1) is 28.9 Å². The van der Waals surface area contributed by atoms with Crippen LogP contribution in [0.15, 0.2) is 0 Å². The van der Waals surface area contributed by atoms with Crippen LogP contribution in [0.2, 0.25) is 5.02 Å². The van der Waals surface area contributed by atoms with Gasteiger partial charge in [-0.25, -0.2) is 0 Å². The van der Waals surface area contributed by atoms with Gasteiger partial charge in [-0.05, 0) is 32.6 Å². The van der Waals surface area contributed by atoms with Crippen LogP contribution in [0.5, 0.6) is 0 Å². The molecule has 20 heavy (non-hydrogen) atoms. The number of aromatic nitrogens is 2. The average Bonchev–Trinajstić information content (AvgIpc) is 2.81. The van der Waals surface area contributed by atoms with E-state index in [1.807, 2.05) is 18.5 Å². The lowest BCUT2D eigenvalue weighted by Gasteiger charge is -2.26. The molecule has 2 fully saturated rings. The summed E-state index contributed by atoms with van der Waals surface area (Å²) in [5.74, 6) is -0.00260. The number of likely N-dealkylation sites (tertiary alicyclic amines) is 1. The van der Waals surface area contributed by atoms with Crippen molar-refractivity contribution in [3.8, 4) is 0 Å². The topological polar surface area (TPSA) is 58.4 Å². The van der Waals surface area contributed by atoms with E-state index in [0.29, 0.717) is 17.9 Å². The molecule has 1 aliphatic carbocycles. The standard InChI is InChI=1S/C14H20ClN3O2/c1-7(4-18-9(3)13(15)8(2)16-18)17-5-10-11(6-17)12(10)14(19)20/h7,10-12H,4-6H2,1-3H3,(H,19,20)/t7-,10-,11+,12?/m0/s1. The van der Waals surface area contributed by atoms with Gasteiger partial charge in [-0.3, -0.25) is 14.4 Å². The van der Waals surface area contributed by atoms with Crippen LogP contribution in [-0.4, -0.2) is 44.9 Å². The number of carboxylic acids is 1. The van der Waals surface area contributed by atoms with E-state index in [-0.39, 0.29) is 5.92 Å². The number of carbonyl (C=O) groups is 1. The molecule has 1 N–H and O–H groups in total. The summed E-state index contributed by atoms with van der Waals surface area (Å²) in [5, 5.41) is 14.2. The van der Waals surface area contributed by atoms with Crippen LogP contribution in [-0.2, 0) is 11.3 Å². The molecule has 0 amide bonds. The first-order chi connectivity index (χ1) is 9.40. The van der Waals surface area contributed by atoms with Crippen molar-refractivity contribution in [2.75, 3.05) is 13.1 Å². The van der Waals surface area contributed by atoms with Gasteiger partial charge in [0.1, 0.15) is 0 Å². The zero-order valence-corrected chi connectivity index (χ0v) is 12.8. The van der Waals surface area contributed by atoms with Crippen LogP contribution in [0.1, 0.15) is 18.3 Å². The molecule has 1 aromatic rings. The predicted octanol–water partition coefficient (Wildman–Crippen LogP) is 1.80. The van der Waals surface area contributed by atoms with E-state index in [9.17, 15) is 4.79 Å². The first-order valence-corrected chi connectivity index (χ1v) is 7.44. The van der Waals surface area contributed by atoms with E-state index < -0.39 is 5.97 Å². The van der Waals surface area contributed by atoms with Crippen molar-refractivity contribution in [3.63, 3.8) is 0 Å². The number of carboxylic acid groups (broad SMARTS) is 1. The Kier molecular flexibility index (Phi) is 3.29. The molecule has 4 atom stereocenters. The number of aryl methyl sites for hydroxylation is 1. The summed E-state index contributed by atoms with van der Waals surface area (Å²) in [6.07, 6.45) is 0. The molecule has 1 saturated carbocycles. The van der Waals surface area contributed by atoms with Gasteiger partial charge in [0.15, 0.2) is 0 Å². The Morgan fingerprint density at radius 1 is 1.45 bits per heavy atom. The van der Waals surface area contributed by atoms with Gasteiger partial charge in [-0.1, -0.05) is 11.6 Å². The molecule has 1 aromatic heterocycles. The Labute approximate surface area is 123 Å². The Morgan fingerprint density at radius 3 is 2.50 bits per heavy atom. The van der Waals surface area contributed by atoms with Crippen molar-refractivity contribution in [1.82, 2.24) is 14.7 Å². The zero-order chi connectivity index (χ0) is 14.6. The number of nitrogens with zero attached hydrogens (tertiary/aromatic N) is 3. The molecule has 1 aliphatic heterocycles. The molecule has 110 valence electrons. The predicted molar refractivity (Wildman–Crippen MR) is 75.9 cm³/mol. The molecule has 3 rings (SSSR count). The van der Waals surface area contributed by atoms with Gasteiger partial charge in [0.25, 0.3) is 0 Å². The zero-order valence-electron chi connectivity index (χ0n) is 12.0. The van der Waals surface area contributed by atoms with Crippen LogP contribution in [0, 0.1) is 31.6 Å². The summed E-state index contributed by atoms with van der Waals surface area (Å²) >= 11 is 6.16. The third-order valence-corrected chi connectivity index (χ3v) is 5.41. The smallest absolute Gasteiger partial charge is 0.307 e. The highest BCUT2D eigenvalue weighted by Crippen LogP contribution is 2.52. The summed E-state index contributed by atoms with van der Waals surface area (Å²) in [6.45, 7) is 8.67. The summed E-state index contributed by atoms with van der Waals surface area (Å²) < 4.78 is 1.96. The van der Waals surface area contributed by atoms with Gasteiger partial charge in [0.2, 0.25) is 0 Å². The fraction of sp³-hybridized carbons (Fsp3) is 0.714. The Balaban J connectivity index is 1.60. The van der Waals surface area contributed by atoms with Gasteiger partial charge < -0.3 is 5.11 Å². The minimum Gasteiger partial charge on any atom is -0.481 e. The van der Waals surface area contributed by atoms with E-state index in [0.717, 1.165) is 36.0 Å². The lowest BCUT2D eigenvalue weighted by atomic mass is 10.2. The second-order valence-electron chi connectivity index (χ2n) is 6.16. The quantitative estimate of drug-likeness (QED) is 0.921. The van der Waals surface area contributed by atoms with Crippen molar-refractivity contribution >= 4 is 17.6 Å². The van der Waals surface area contributed by atoms with E-state index in [4.69, 9.17) is 16.7 Å². The van der Waals surface area contributed by atoms with Crippen LogP contribution < -0.4 is 0 Å². The molecule has 0 radical (unpaired) electrons. The maximum Gasteiger partial charge on any atom is 0.307 e. The lowest BCUT2D eigenvalue weighted by Crippen LogP contribution is -2.37. The minimum absolute atomic E-state index is 0.0958. The molecular weight excluding hydrogens is 278 g/mol. The van der Waals surface area contributed by atoms with Gasteiger partial charge in [-0.2, -0.15) is 5.10 Å². The molecule has 2 aliphatic rings. The number of piperidine rings is 1. The average molecular weight is 298 g/mol. The number of hydrogen-bond donors (Lipinski definition) is 1. The molecule has 6 heteroatoms. The fourth-order valence-electron chi connectivity index (χ4n) is 3.50. The maximum absolute atomic E-state index is 11.0. The maximum atomic E-state index is 11.0. The third-order valence-electron chi connectivity index (χ3n) is 4.86. The van der Waals surface area contributed by atoms with Crippen molar-refractivity contribution in [2.45, 2.75) is 33.4 Å². The van der Waals surface area contributed by atoms with Crippen LogP contribution in [0.4, 0.5) is 0 Å². The lowest BCUT2D eigenvalue weighted by molar-refractivity contribution is -0.139. The largest absolute Gasteiger partial charge is 0.481 e. The normalized spacial score (nSPS) is 30.3. The van der Waals surface area contributed by atoms with Gasteiger partial charge >= 0.3 is 5.97 Å². The fourth-order valence-corrected chi connectivity index (χ4v) is 3.64. The summed E-state index contributed by atoms with van der Waals surface area (Å²) in [6, 6.07) is 0.353. The molecule has 0 spiro atoms. The first kappa shape index (κ1) is 13.9. The first-order valence-electron chi connectivity index (χ1n) is 7.06. The summed E-state index contributed by atoms with van der Waals surface area (Å²) in [5.41, 5.74) is 1.87. The van der Waals surface area contributed by atoms with Gasteiger partial charge in [-0.15, -0.1) is 0 Å². The number of aliphatic carboxylic acids is 1. The highest BCUT2D eigenvalue weighted by Gasteiger charge is 2.60. The summed E-state index contributed by atoms with van der Waals surface area (Å²) in [7, 11) is 0. The van der Waals surface area contributed by atoms with Crippen molar-refractivity contribution in [3.05, 3.63) is 16.4 Å². The second-order valence-corrected chi connectivity index (χ2v) is 6.54. The molecule has 5 nitrogen and oxygen atoms in total. The minimum atomic E-state index is -0.627. The Morgan fingerprint density at radius 2 is 2.05 bits per heavy atom. The second kappa shape index (κ2) is 4.74. The monoisotopic (exact) mass is 297 g/mol. The van der Waals surface area contributed by atoms with E-state index >= 15 is 0 Å². The third kappa shape index (κ3) is 2.13. The molecular formula is C14H20ClN3O2. The number of halogens is 1. The highest BCUT2D eigenvalue weighted by molar-refractivity contribution is 6.31. The van der Waals surface area contributed by atoms with E-state index in [1.165, 1.54) is 0 Å². The Bertz CT molecular complexity index is 545.